The maximum atomic E-state index is 10.9. The first kappa shape index (κ1) is 12.6. The largest absolute Gasteiger partial charge is 0.465 e. The van der Waals surface area contributed by atoms with Crippen LogP contribution in [0.15, 0.2) is 6.07 Å². The Hall–Kier alpha value is -1.85. The van der Waals surface area contributed by atoms with Crippen LogP contribution < -0.4 is 5.73 Å². The zero-order chi connectivity index (χ0) is 13.3. The molecule has 2 rings (SSSR count). The molecule has 98 valence electrons. The molecular formula is C12H18N4O2. The van der Waals surface area contributed by atoms with Crippen LogP contribution in [0.5, 0.6) is 0 Å². The van der Waals surface area contributed by atoms with Crippen molar-refractivity contribution in [2.75, 3.05) is 18.8 Å². The Kier molecular flexibility index (Phi) is 3.36. The Balaban J connectivity index is 2.17. The molecule has 0 aromatic carbocycles. The summed E-state index contributed by atoms with van der Waals surface area (Å²) in [6.45, 7) is 5.12. The molecule has 6 nitrogen and oxygen atoms in total. The minimum absolute atomic E-state index is 0.242. The molecule has 2 heterocycles. The third-order valence-corrected chi connectivity index (χ3v) is 3.57. The summed E-state index contributed by atoms with van der Waals surface area (Å²) in [6, 6.07) is 1.82. The highest BCUT2D eigenvalue weighted by Crippen LogP contribution is 2.33. The average molecular weight is 250 g/mol. The molecule has 18 heavy (non-hydrogen) atoms. The van der Waals surface area contributed by atoms with Crippen molar-refractivity contribution in [2.45, 2.75) is 26.2 Å². The number of nitrogen functional groups attached to an aromatic ring is 1. The van der Waals surface area contributed by atoms with Gasteiger partial charge in [0, 0.05) is 19.0 Å². The van der Waals surface area contributed by atoms with Crippen LogP contribution in [0.25, 0.3) is 0 Å². The lowest BCUT2D eigenvalue weighted by atomic mass is 9.83. The summed E-state index contributed by atoms with van der Waals surface area (Å²) in [4.78, 5) is 12.4. The normalized spacial score (nSPS) is 24.0. The molecule has 1 saturated heterocycles. The lowest BCUT2D eigenvalue weighted by molar-refractivity contribution is 0.115. The van der Waals surface area contributed by atoms with E-state index >= 15 is 0 Å². The number of aryl methyl sites for hydroxylation is 1. The molecule has 3 N–H and O–H groups in total. The van der Waals surface area contributed by atoms with Crippen LogP contribution in [0.2, 0.25) is 0 Å². The molecule has 1 aromatic rings. The zero-order valence-corrected chi connectivity index (χ0v) is 10.6. The molecule has 0 bridgehead atoms. The molecule has 0 aliphatic carbocycles. The Bertz CT molecular complexity index is 463. The van der Waals surface area contributed by atoms with Crippen molar-refractivity contribution in [3.8, 4) is 0 Å². The van der Waals surface area contributed by atoms with Crippen molar-refractivity contribution in [1.82, 2.24) is 15.1 Å². The molecule has 1 fully saturated rings. The van der Waals surface area contributed by atoms with Gasteiger partial charge in [0.05, 0.1) is 5.69 Å². The van der Waals surface area contributed by atoms with E-state index in [-0.39, 0.29) is 11.8 Å². The molecule has 0 unspecified atom stereocenters. The van der Waals surface area contributed by atoms with Crippen molar-refractivity contribution in [2.24, 2.45) is 5.92 Å². The van der Waals surface area contributed by atoms with Crippen molar-refractivity contribution >= 4 is 11.9 Å². The summed E-state index contributed by atoms with van der Waals surface area (Å²) in [7, 11) is 0. The topological polar surface area (TPSA) is 92.3 Å². The third-order valence-electron chi connectivity index (χ3n) is 3.57. The number of anilines is 1. The van der Waals surface area contributed by atoms with Crippen LogP contribution in [0, 0.1) is 12.8 Å². The maximum Gasteiger partial charge on any atom is 0.407 e. The number of carbonyl (C=O) groups is 1. The third kappa shape index (κ3) is 2.37. The Morgan fingerprint density at radius 1 is 1.56 bits per heavy atom. The van der Waals surface area contributed by atoms with Gasteiger partial charge in [0.1, 0.15) is 5.82 Å². The fourth-order valence-electron chi connectivity index (χ4n) is 2.61. The standard InChI is InChI=1S/C12H18N4O2/c1-7-5-10(13)14-15-11(7)9-3-4-16(12(17)18)6-8(9)2/h5,8-9H,3-4,6H2,1-2H3,(H2,13,14)(H,17,18)/t8-,9+/m1/s1. The summed E-state index contributed by atoms with van der Waals surface area (Å²) in [5.74, 6) is 0.923. The number of nitrogens with zero attached hydrogens (tertiary/aromatic N) is 3. The van der Waals surface area contributed by atoms with Gasteiger partial charge < -0.3 is 15.7 Å². The molecule has 1 aliphatic rings. The highest BCUT2D eigenvalue weighted by molar-refractivity contribution is 5.65. The number of rotatable bonds is 1. The van der Waals surface area contributed by atoms with Crippen LogP contribution in [-0.2, 0) is 0 Å². The number of nitrogens with two attached hydrogens (primary N) is 1. The van der Waals surface area contributed by atoms with E-state index in [1.54, 1.807) is 0 Å². The van der Waals surface area contributed by atoms with Gasteiger partial charge in [-0.3, -0.25) is 0 Å². The molecule has 1 amide bonds. The van der Waals surface area contributed by atoms with Gasteiger partial charge in [-0.05, 0) is 30.9 Å². The van der Waals surface area contributed by atoms with Gasteiger partial charge in [-0.25, -0.2) is 4.79 Å². The van der Waals surface area contributed by atoms with Gasteiger partial charge in [0.15, 0.2) is 0 Å². The highest BCUT2D eigenvalue weighted by Gasteiger charge is 2.31. The fourth-order valence-corrected chi connectivity index (χ4v) is 2.61. The van der Waals surface area contributed by atoms with Gasteiger partial charge >= 0.3 is 6.09 Å². The van der Waals surface area contributed by atoms with Crippen LogP contribution in [0.1, 0.15) is 30.5 Å². The number of piperidine rings is 1. The summed E-state index contributed by atoms with van der Waals surface area (Å²) in [5.41, 5.74) is 7.57. The Labute approximate surface area is 106 Å². The molecule has 0 saturated carbocycles. The van der Waals surface area contributed by atoms with Gasteiger partial charge in [0.25, 0.3) is 0 Å². The molecule has 2 atom stereocenters. The highest BCUT2D eigenvalue weighted by atomic mass is 16.4. The first-order valence-electron chi connectivity index (χ1n) is 6.06. The summed E-state index contributed by atoms with van der Waals surface area (Å²) < 4.78 is 0. The van der Waals surface area contributed by atoms with E-state index in [1.165, 1.54) is 4.90 Å². The zero-order valence-electron chi connectivity index (χ0n) is 10.6. The predicted molar refractivity (Wildman–Crippen MR) is 67.3 cm³/mol. The second kappa shape index (κ2) is 4.80. The lowest BCUT2D eigenvalue weighted by Crippen LogP contribution is -2.41. The second-order valence-electron chi connectivity index (χ2n) is 4.94. The number of aromatic nitrogens is 2. The minimum atomic E-state index is -0.847. The van der Waals surface area contributed by atoms with E-state index in [0.29, 0.717) is 18.9 Å². The lowest BCUT2D eigenvalue weighted by Gasteiger charge is -2.35. The van der Waals surface area contributed by atoms with Crippen LogP contribution in [-0.4, -0.2) is 39.4 Å². The van der Waals surface area contributed by atoms with Crippen LogP contribution >= 0.6 is 0 Å². The SMILES string of the molecule is Cc1cc(N)nnc1[C@H]1CCN(C(=O)O)C[C@H]1C. The van der Waals surface area contributed by atoms with Crippen molar-refractivity contribution < 1.29 is 9.90 Å². The second-order valence-corrected chi connectivity index (χ2v) is 4.94. The monoisotopic (exact) mass is 250 g/mol. The summed E-state index contributed by atoms with van der Waals surface area (Å²) >= 11 is 0. The number of hydrogen-bond acceptors (Lipinski definition) is 4. The van der Waals surface area contributed by atoms with E-state index in [9.17, 15) is 4.79 Å². The molecule has 1 aliphatic heterocycles. The first-order chi connectivity index (χ1) is 8.49. The molecule has 6 heteroatoms. The number of amides is 1. The number of hydrogen-bond donors (Lipinski definition) is 2. The van der Waals surface area contributed by atoms with Crippen LogP contribution in [0.3, 0.4) is 0 Å². The van der Waals surface area contributed by atoms with E-state index in [0.717, 1.165) is 17.7 Å². The van der Waals surface area contributed by atoms with Gasteiger partial charge in [-0.1, -0.05) is 6.92 Å². The first-order valence-corrected chi connectivity index (χ1v) is 6.06. The maximum absolute atomic E-state index is 10.9. The fraction of sp³-hybridized carbons (Fsp3) is 0.583. The van der Waals surface area contributed by atoms with Crippen molar-refractivity contribution in [3.63, 3.8) is 0 Å². The van der Waals surface area contributed by atoms with Gasteiger partial charge in [0.2, 0.25) is 0 Å². The van der Waals surface area contributed by atoms with E-state index in [1.807, 2.05) is 13.0 Å². The quantitative estimate of drug-likeness (QED) is 0.787. The van der Waals surface area contributed by atoms with E-state index in [4.69, 9.17) is 10.8 Å². The van der Waals surface area contributed by atoms with Crippen molar-refractivity contribution in [3.05, 3.63) is 17.3 Å². The van der Waals surface area contributed by atoms with E-state index < -0.39 is 6.09 Å². The smallest absolute Gasteiger partial charge is 0.407 e. The van der Waals surface area contributed by atoms with Gasteiger partial charge in [-0.2, -0.15) is 5.10 Å². The molecular weight excluding hydrogens is 232 g/mol. The van der Waals surface area contributed by atoms with Crippen LogP contribution in [0.4, 0.5) is 10.6 Å². The van der Waals surface area contributed by atoms with E-state index in [2.05, 4.69) is 17.1 Å². The van der Waals surface area contributed by atoms with Crippen molar-refractivity contribution in [1.29, 1.82) is 0 Å². The average Bonchev–Trinajstić information content (AvgIpc) is 2.30. The molecule has 0 radical (unpaired) electrons. The molecule has 0 spiro atoms. The minimum Gasteiger partial charge on any atom is -0.465 e. The predicted octanol–water partition coefficient (Wildman–Crippen LogP) is 1.47. The number of likely N-dealkylation sites (tertiary alicyclic amines) is 1. The Morgan fingerprint density at radius 2 is 2.28 bits per heavy atom. The molecule has 1 aromatic heterocycles. The summed E-state index contributed by atoms with van der Waals surface area (Å²) in [6.07, 6.45) is -0.0622. The Morgan fingerprint density at radius 3 is 2.83 bits per heavy atom. The number of carboxylic acid groups (broad SMARTS) is 1. The summed E-state index contributed by atoms with van der Waals surface area (Å²) in [5, 5.41) is 17.1. The van der Waals surface area contributed by atoms with Gasteiger partial charge in [-0.15, -0.1) is 5.10 Å².